The number of nitrogens with zero attached hydrogens (tertiary/aromatic N) is 4. The molecule has 26 heavy (non-hydrogen) atoms. The SMILES string of the molecule is CN=C(NCc1ccccc1-n1ccnc1)N1CCc2ccccc21.I. The lowest BCUT2D eigenvalue weighted by atomic mass is 10.1. The van der Waals surface area contributed by atoms with Gasteiger partial charge in [0.2, 0.25) is 0 Å². The van der Waals surface area contributed by atoms with Crippen molar-refractivity contribution in [2.24, 2.45) is 4.99 Å². The van der Waals surface area contributed by atoms with Crippen molar-refractivity contribution in [3.8, 4) is 5.69 Å². The Hall–Kier alpha value is -2.35. The quantitative estimate of drug-likeness (QED) is 0.370. The molecular weight excluding hydrogens is 437 g/mol. The number of rotatable bonds is 3. The summed E-state index contributed by atoms with van der Waals surface area (Å²) in [4.78, 5) is 10.9. The van der Waals surface area contributed by atoms with Crippen LogP contribution in [0.25, 0.3) is 5.69 Å². The Morgan fingerprint density at radius 2 is 1.88 bits per heavy atom. The molecule has 2 heterocycles. The highest BCUT2D eigenvalue weighted by Crippen LogP contribution is 2.27. The average Bonchev–Trinajstić information content (AvgIpc) is 3.33. The second-order valence-corrected chi connectivity index (χ2v) is 6.03. The fourth-order valence-corrected chi connectivity index (χ4v) is 3.34. The Morgan fingerprint density at radius 1 is 1.12 bits per heavy atom. The van der Waals surface area contributed by atoms with Gasteiger partial charge in [-0.05, 0) is 29.7 Å². The summed E-state index contributed by atoms with van der Waals surface area (Å²) in [5.41, 5.74) is 4.96. The first-order valence-electron chi connectivity index (χ1n) is 8.49. The van der Waals surface area contributed by atoms with Gasteiger partial charge in [0.05, 0.1) is 12.0 Å². The number of hydrogen-bond acceptors (Lipinski definition) is 2. The summed E-state index contributed by atoms with van der Waals surface area (Å²) < 4.78 is 2.03. The van der Waals surface area contributed by atoms with Crippen LogP contribution >= 0.6 is 24.0 Å². The number of nitrogens with one attached hydrogen (secondary N) is 1. The Labute approximate surface area is 170 Å². The molecule has 1 aliphatic heterocycles. The van der Waals surface area contributed by atoms with Crippen LogP contribution in [0.1, 0.15) is 11.1 Å². The van der Waals surface area contributed by atoms with E-state index in [2.05, 4.69) is 62.7 Å². The topological polar surface area (TPSA) is 45.5 Å². The largest absolute Gasteiger partial charge is 0.352 e. The summed E-state index contributed by atoms with van der Waals surface area (Å²) in [5, 5.41) is 3.51. The predicted octanol–water partition coefficient (Wildman–Crippen LogP) is 3.63. The van der Waals surface area contributed by atoms with E-state index in [-0.39, 0.29) is 24.0 Å². The number of aromatic nitrogens is 2. The summed E-state index contributed by atoms with van der Waals surface area (Å²) >= 11 is 0. The van der Waals surface area contributed by atoms with E-state index >= 15 is 0 Å². The molecule has 6 heteroatoms. The van der Waals surface area contributed by atoms with Crippen LogP contribution in [0.15, 0.2) is 72.2 Å². The van der Waals surface area contributed by atoms with Crippen molar-refractivity contribution in [1.29, 1.82) is 0 Å². The van der Waals surface area contributed by atoms with Crippen LogP contribution in [0, 0.1) is 0 Å². The van der Waals surface area contributed by atoms with E-state index in [9.17, 15) is 0 Å². The monoisotopic (exact) mass is 459 g/mol. The molecule has 3 aromatic rings. The molecule has 134 valence electrons. The fourth-order valence-electron chi connectivity index (χ4n) is 3.34. The minimum atomic E-state index is 0. The minimum absolute atomic E-state index is 0. The lowest BCUT2D eigenvalue weighted by Gasteiger charge is -2.23. The van der Waals surface area contributed by atoms with Gasteiger partial charge in [0.15, 0.2) is 5.96 Å². The smallest absolute Gasteiger partial charge is 0.198 e. The van der Waals surface area contributed by atoms with Crippen LogP contribution in [0.2, 0.25) is 0 Å². The molecule has 0 spiro atoms. The third kappa shape index (κ3) is 3.60. The van der Waals surface area contributed by atoms with Gasteiger partial charge in [-0.3, -0.25) is 4.99 Å². The number of para-hydroxylation sites is 2. The van der Waals surface area contributed by atoms with Crippen LogP contribution in [0.3, 0.4) is 0 Å². The maximum Gasteiger partial charge on any atom is 0.198 e. The summed E-state index contributed by atoms with van der Waals surface area (Å²) in [6.45, 7) is 1.67. The van der Waals surface area contributed by atoms with Crippen molar-refractivity contribution in [3.63, 3.8) is 0 Å². The van der Waals surface area contributed by atoms with E-state index in [0.29, 0.717) is 6.54 Å². The van der Waals surface area contributed by atoms with Crippen LogP contribution in [0.5, 0.6) is 0 Å². The summed E-state index contributed by atoms with van der Waals surface area (Å²) in [5.74, 6) is 0.908. The number of fused-ring (bicyclic) bond motifs is 1. The zero-order chi connectivity index (χ0) is 17.1. The molecule has 0 fully saturated rings. The van der Waals surface area contributed by atoms with Gasteiger partial charge < -0.3 is 14.8 Å². The van der Waals surface area contributed by atoms with Gasteiger partial charge in [-0.1, -0.05) is 36.4 Å². The van der Waals surface area contributed by atoms with Gasteiger partial charge >= 0.3 is 0 Å². The predicted molar refractivity (Wildman–Crippen MR) is 117 cm³/mol. The van der Waals surface area contributed by atoms with Crippen LogP contribution in [-0.4, -0.2) is 29.1 Å². The molecule has 1 N–H and O–H groups in total. The second kappa shape index (κ2) is 8.35. The van der Waals surface area contributed by atoms with Gasteiger partial charge in [0.1, 0.15) is 0 Å². The lowest BCUT2D eigenvalue weighted by molar-refractivity contribution is 0.854. The average molecular weight is 459 g/mol. The third-order valence-corrected chi connectivity index (χ3v) is 4.57. The van der Waals surface area contributed by atoms with Crippen molar-refractivity contribution in [3.05, 3.63) is 78.4 Å². The number of imidazole rings is 1. The van der Waals surface area contributed by atoms with Crippen molar-refractivity contribution in [1.82, 2.24) is 14.9 Å². The molecule has 0 saturated carbocycles. The number of aliphatic imine (C=N–C) groups is 1. The van der Waals surface area contributed by atoms with Gasteiger partial charge in [-0.2, -0.15) is 0 Å². The Bertz CT molecular complexity index is 889. The maximum atomic E-state index is 4.49. The molecule has 1 aromatic heterocycles. The number of anilines is 1. The third-order valence-electron chi connectivity index (χ3n) is 4.57. The molecule has 0 amide bonds. The number of benzene rings is 2. The van der Waals surface area contributed by atoms with Gasteiger partial charge in [0, 0.05) is 38.2 Å². The van der Waals surface area contributed by atoms with E-state index < -0.39 is 0 Å². The molecule has 0 saturated heterocycles. The highest BCUT2D eigenvalue weighted by atomic mass is 127. The number of halogens is 1. The molecule has 0 unspecified atom stereocenters. The van der Waals surface area contributed by atoms with Gasteiger partial charge in [-0.25, -0.2) is 4.98 Å². The summed E-state index contributed by atoms with van der Waals surface area (Å²) in [6.07, 6.45) is 6.64. The molecule has 0 radical (unpaired) electrons. The van der Waals surface area contributed by atoms with Crippen LogP contribution < -0.4 is 10.2 Å². The summed E-state index contributed by atoms with van der Waals surface area (Å²) in [7, 11) is 1.84. The van der Waals surface area contributed by atoms with Gasteiger partial charge in [0.25, 0.3) is 0 Å². The van der Waals surface area contributed by atoms with E-state index in [4.69, 9.17) is 0 Å². The number of guanidine groups is 1. The first kappa shape index (κ1) is 18.4. The Balaban J connectivity index is 0.00000196. The maximum absolute atomic E-state index is 4.49. The van der Waals surface area contributed by atoms with Crippen molar-refractivity contribution < 1.29 is 0 Å². The second-order valence-electron chi connectivity index (χ2n) is 6.03. The van der Waals surface area contributed by atoms with E-state index in [1.165, 1.54) is 16.8 Å². The first-order chi connectivity index (χ1) is 12.4. The molecule has 0 atom stereocenters. The van der Waals surface area contributed by atoms with Gasteiger partial charge in [-0.15, -0.1) is 24.0 Å². The van der Waals surface area contributed by atoms with Crippen LogP contribution in [-0.2, 0) is 13.0 Å². The fraction of sp³-hybridized carbons (Fsp3) is 0.200. The molecular formula is C20H22IN5. The normalized spacial score (nSPS) is 13.3. The lowest BCUT2D eigenvalue weighted by Crippen LogP contribution is -2.40. The molecule has 4 rings (SSSR count). The van der Waals surface area contributed by atoms with Crippen molar-refractivity contribution in [2.75, 3.05) is 18.5 Å². The standard InChI is InChI=1S/C20H21N5.HI/c1-21-20(25-12-10-16-6-2-5-9-19(16)25)23-14-17-7-3-4-8-18(17)24-13-11-22-15-24;/h2-9,11,13,15H,10,12,14H2,1H3,(H,21,23);1H. The molecule has 5 nitrogen and oxygen atoms in total. The molecule has 0 bridgehead atoms. The highest BCUT2D eigenvalue weighted by Gasteiger charge is 2.22. The zero-order valence-electron chi connectivity index (χ0n) is 14.7. The van der Waals surface area contributed by atoms with Crippen molar-refractivity contribution >= 4 is 35.6 Å². The molecule has 2 aromatic carbocycles. The molecule has 0 aliphatic carbocycles. The Kier molecular flexibility index (Phi) is 5.92. The van der Waals surface area contributed by atoms with Crippen molar-refractivity contribution in [2.45, 2.75) is 13.0 Å². The first-order valence-corrected chi connectivity index (χ1v) is 8.49. The van der Waals surface area contributed by atoms with Crippen LogP contribution in [0.4, 0.5) is 5.69 Å². The minimum Gasteiger partial charge on any atom is -0.352 e. The zero-order valence-corrected chi connectivity index (χ0v) is 17.0. The Morgan fingerprint density at radius 3 is 2.65 bits per heavy atom. The number of hydrogen-bond donors (Lipinski definition) is 1. The van der Waals surface area contributed by atoms with E-state index in [1.54, 1.807) is 6.20 Å². The highest BCUT2D eigenvalue weighted by molar-refractivity contribution is 14.0. The molecule has 1 aliphatic rings. The van der Waals surface area contributed by atoms with E-state index in [1.807, 2.05) is 30.2 Å². The van der Waals surface area contributed by atoms with E-state index in [0.717, 1.165) is 24.6 Å². The summed E-state index contributed by atoms with van der Waals surface area (Å²) in [6, 6.07) is 16.9.